The van der Waals surface area contributed by atoms with Gasteiger partial charge in [0.25, 0.3) is 5.91 Å². The zero-order chi connectivity index (χ0) is 17.2. The molecular formula is C20H21N3O2. The van der Waals surface area contributed by atoms with Gasteiger partial charge in [0.15, 0.2) is 0 Å². The average molecular weight is 335 g/mol. The Morgan fingerprint density at radius 1 is 1.24 bits per heavy atom. The third kappa shape index (κ3) is 3.09. The Morgan fingerprint density at radius 2 is 2.12 bits per heavy atom. The van der Waals surface area contributed by atoms with Crippen LogP contribution < -0.4 is 10.1 Å². The average Bonchev–Trinajstić information content (AvgIpc) is 3.04. The number of aryl methyl sites for hydroxylation is 2. The zero-order valence-electron chi connectivity index (χ0n) is 14.3. The maximum Gasteiger partial charge on any atom is 0.251 e. The fourth-order valence-corrected chi connectivity index (χ4v) is 3.47. The monoisotopic (exact) mass is 335 g/mol. The lowest BCUT2D eigenvalue weighted by molar-refractivity contribution is 0.0951. The minimum atomic E-state index is -0.0662. The van der Waals surface area contributed by atoms with Crippen molar-refractivity contribution < 1.29 is 9.53 Å². The molecule has 0 unspecified atom stereocenters. The molecule has 5 nitrogen and oxygen atoms in total. The lowest BCUT2D eigenvalue weighted by atomic mass is 9.95. The molecule has 0 spiro atoms. The number of H-pyrrole nitrogens is 1. The van der Waals surface area contributed by atoms with Crippen molar-refractivity contribution in [2.24, 2.45) is 0 Å². The Kier molecular flexibility index (Phi) is 4.14. The highest BCUT2D eigenvalue weighted by Crippen LogP contribution is 2.29. The Morgan fingerprint density at radius 3 is 2.92 bits per heavy atom. The van der Waals surface area contributed by atoms with Gasteiger partial charge in [0.1, 0.15) is 0 Å². The molecule has 1 aliphatic carbocycles. The summed E-state index contributed by atoms with van der Waals surface area (Å²) in [5, 5.41) is 4.15. The fourth-order valence-electron chi connectivity index (χ4n) is 3.47. The molecule has 3 aromatic rings. The molecule has 2 aromatic heterocycles. The number of pyridine rings is 1. The van der Waals surface area contributed by atoms with Crippen LogP contribution in [0.1, 0.15) is 40.0 Å². The van der Waals surface area contributed by atoms with E-state index in [0.29, 0.717) is 18.0 Å². The van der Waals surface area contributed by atoms with Crippen LogP contribution in [0.5, 0.6) is 5.88 Å². The predicted molar refractivity (Wildman–Crippen MR) is 96.9 cm³/mol. The van der Waals surface area contributed by atoms with E-state index in [1.807, 2.05) is 24.3 Å². The SMILES string of the molecule is COc1ccc(CNC(=O)c2ccc3[nH]c4c(c3c2)CCCC4)cn1. The van der Waals surface area contributed by atoms with Crippen LogP contribution in [0.2, 0.25) is 0 Å². The summed E-state index contributed by atoms with van der Waals surface area (Å²) in [4.78, 5) is 20.2. The first kappa shape index (κ1) is 15.7. The largest absolute Gasteiger partial charge is 0.481 e. The van der Waals surface area contributed by atoms with Gasteiger partial charge in [0.05, 0.1) is 7.11 Å². The van der Waals surface area contributed by atoms with Gasteiger partial charge in [-0.1, -0.05) is 6.07 Å². The summed E-state index contributed by atoms with van der Waals surface area (Å²) >= 11 is 0. The molecule has 0 atom stereocenters. The summed E-state index contributed by atoms with van der Waals surface area (Å²) in [6.07, 6.45) is 6.38. The number of amides is 1. The van der Waals surface area contributed by atoms with Gasteiger partial charge in [-0.3, -0.25) is 4.79 Å². The van der Waals surface area contributed by atoms with Crippen molar-refractivity contribution in [3.63, 3.8) is 0 Å². The van der Waals surface area contributed by atoms with Crippen LogP contribution in [0.3, 0.4) is 0 Å². The van der Waals surface area contributed by atoms with E-state index < -0.39 is 0 Å². The normalized spacial score (nSPS) is 13.5. The smallest absolute Gasteiger partial charge is 0.251 e. The summed E-state index contributed by atoms with van der Waals surface area (Å²) in [6.45, 7) is 0.444. The molecule has 0 aliphatic heterocycles. The lowest BCUT2D eigenvalue weighted by Crippen LogP contribution is -2.22. The van der Waals surface area contributed by atoms with Gasteiger partial charge in [-0.25, -0.2) is 4.98 Å². The fraction of sp³-hybridized carbons (Fsp3) is 0.300. The maximum atomic E-state index is 12.5. The Labute approximate surface area is 146 Å². The number of carbonyl (C=O) groups excluding carboxylic acids is 1. The van der Waals surface area contributed by atoms with Crippen LogP contribution in [0.25, 0.3) is 10.9 Å². The number of fused-ring (bicyclic) bond motifs is 3. The summed E-state index contributed by atoms with van der Waals surface area (Å²) < 4.78 is 5.04. The molecular weight excluding hydrogens is 314 g/mol. The molecule has 128 valence electrons. The van der Waals surface area contributed by atoms with Gasteiger partial charge in [-0.05, 0) is 55.0 Å². The van der Waals surface area contributed by atoms with E-state index >= 15 is 0 Å². The minimum Gasteiger partial charge on any atom is -0.481 e. The lowest BCUT2D eigenvalue weighted by Gasteiger charge is -2.10. The number of aromatic amines is 1. The highest BCUT2D eigenvalue weighted by atomic mass is 16.5. The third-order valence-corrected chi connectivity index (χ3v) is 4.82. The van der Waals surface area contributed by atoms with Gasteiger partial charge >= 0.3 is 0 Å². The van der Waals surface area contributed by atoms with Crippen molar-refractivity contribution in [2.45, 2.75) is 32.2 Å². The molecule has 25 heavy (non-hydrogen) atoms. The molecule has 0 fully saturated rings. The van der Waals surface area contributed by atoms with Crippen LogP contribution in [-0.4, -0.2) is 23.0 Å². The van der Waals surface area contributed by atoms with E-state index in [-0.39, 0.29) is 5.91 Å². The summed E-state index contributed by atoms with van der Waals surface area (Å²) in [7, 11) is 1.58. The van der Waals surface area contributed by atoms with Crippen molar-refractivity contribution in [3.8, 4) is 5.88 Å². The summed E-state index contributed by atoms with van der Waals surface area (Å²) in [6, 6.07) is 9.60. The number of methoxy groups -OCH3 is 1. The van der Waals surface area contributed by atoms with E-state index in [0.717, 1.165) is 23.9 Å². The second kappa shape index (κ2) is 6.59. The third-order valence-electron chi connectivity index (χ3n) is 4.82. The number of hydrogen-bond donors (Lipinski definition) is 2. The van der Waals surface area contributed by atoms with E-state index in [2.05, 4.69) is 15.3 Å². The second-order valence-corrected chi connectivity index (χ2v) is 6.44. The first-order chi connectivity index (χ1) is 12.2. The van der Waals surface area contributed by atoms with Crippen LogP contribution in [0, 0.1) is 0 Å². The first-order valence-corrected chi connectivity index (χ1v) is 8.65. The van der Waals surface area contributed by atoms with Gasteiger partial charge in [-0.2, -0.15) is 0 Å². The minimum absolute atomic E-state index is 0.0662. The number of nitrogens with zero attached hydrogens (tertiary/aromatic N) is 1. The van der Waals surface area contributed by atoms with Gasteiger partial charge in [0.2, 0.25) is 5.88 Å². The number of nitrogens with one attached hydrogen (secondary N) is 2. The molecule has 0 saturated carbocycles. The molecule has 2 heterocycles. The van der Waals surface area contributed by atoms with Crippen molar-refractivity contribution >= 4 is 16.8 Å². The molecule has 0 saturated heterocycles. The van der Waals surface area contributed by atoms with Crippen molar-refractivity contribution in [1.82, 2.24) is 15.3 Å². The van der Waals surface area contributed by atoms with Crippen molar-refractivity contribution in [2.75, 3.05) is 7.11 Å². The molecule has 5 heteroatoms. The number of benzene rings is 1. The second-order valence-electron chi connectivity index (χ2n) is 6.44. The van der Waals surface area contributed by atoms with E-state index in [1.165, 1.54) is 29.5 Å². The highest BCUT2D eigenvalue weighted by Gasteiger charge is 2.16. The van der Waals surface area contributed by atoms with Crippen molar-refractivity contribution in [3.05, 3.63) is 58.9 Å². The number of hydrogen-bond acceptors (Lipinski definition) is 3. The molecule has 0 bridgehead atoms. The Bertz CT molecular complexity index is 913. The number of carbonyl (C=O) groups is 1. The van der Waals surface area contributed by atoms with E-state index in [9.17, 15) is 4.79 Å². The highest BCUT2D eigenvalue weighted by molar-refractivity contribution is 5.99. The Balaban J connectivity index is 1.51. The van der Waals surface area contributed by atoms with Crippen LogP contribution in [-0.2, 0) is 19.4 Å². The molecule has 1 amide bonds. The number of ether oxygens (including phenoxy) is 1. The molecule has 4 rings (SSSR count). The number of rotatable bonds is 4. The maximum absolute atomic E-state index is 12.5. The standard InChI is InChI=1S/C20H21N3O2/c1-25-19-9-6-13(11-21-19)12-22-20(24)14-7-8-18-16(10-14)15-4-2-3-5-17(15)23-18/h6-11,23H,2-5,12H2,1H3,(H,22,24). The Hall–Kier alpha value is -2.82. The van der Waals surface area contributed by atoms with E-state index in [1.54, 1.807) is 19.4 Å². The molecule has 1 aromatic carbocycles. The summed E-state index contributed by atoms with van der Waals surface area (Å²) in [5.74, 6) is 0.501. The van der Waals surface area contributed by atoms with Crippen molar-refractivity contribution in [1.29, 1.82) is 0 Å². The van der Waals surface area contributed by atoms with Crippen LogP contribution in [0.4, 0.5) is 0 Å². The van der Waals surface area contributed by atoms with Crippen LogP contribution >= 0.6 is 0 Å². The number of aromatic nitrogens is 2. The van der Waals surface area contributed by atoms with Gasteiger partial charge < -0.3 is 15.0 Å². The van der Waals surface area contributed by atoms with Gasteiger partial charge in [-0.15, -0.1) is 0 Å². The first-order valence-electron chi connectivity index (χ1n) is 8.65. The molecule has 1 aliphatic rings. The quantitative estimate of drug-likeness (QED) is 0.768. The zero-order valence-corrected chi connectivity index (χ0v) is 14.3. The molecule has 0 radical (unpaired) electrons. The predicted octanol–water partition coefficient (Wildman–Crippen LogP) is 3.38. The van der Waals surface area contributed by atoms with E-state index in [4.69, 9.17) is 4.74 Å². The molecule has 2 N–H and O–H groups in total. The van der Waals surface area contributed by atoms with Crippen LogP contribution in [0.15, 0.2) is 36.5 Å². The van der Waals surface area contributed by atoms with Gasteiger partial charge in [0, 0.05) is 41.0 Å². The summed E-state index contributed by atoms with van der Waals surface area (Å²) in [5.41, 5.74) is 5.48. The topological polar surface area (TPSA) is 67.0 Å².